The van der Waals surface area contributed by atoms with Gasteiger partial charge >= 0.3 is 0 Å². The first-order chi connectivity index (χ1) is 7.84. The van der Waals surface area contributed by atoms with Crippen LogP contribution in [0.1, 0.15) is 17.2 Å². The number of imidazole rings is 1. The maximum Gasteiger partial charge on any atom is 0.0994 e. The Morgan fingerprint density at radius 1 is 1.25 bits per heavy atom. The molecule has 0 saturated carbocycles. The molecule has 4 nitrogen and oxygen atoms in total. The standard InChI is InChI=1S/C12H14N4/c1-9-2-11(6-13-3-9)16-8-15-7-12(16)10-4-14-5-10/h2-3,6-8,10,14H,4-5H2,1H3. The van der Waals surface area contributed by atoms with E-state index in [-0.39, 0.29) is 0 Å². The summed E-state index contributed by atoms with van der Waals surface area (Å²) in [4.78, 5) is 8.46. The van der Waals surface area contributed by atoms with Crippen LogP contribution in [0.4, 0.5) is 0 Å². The molecule has 1 aliphatic heterocycles. The van der Waals surface area contributed by atoms with Crippen molar-refractivity contribution in [2.45, 2.75) is 12.8 Å². The van der Waals surface area contributed by atoms with Crippen molar-refractivity contribution in [2.24, 2.45) is 0 Å². The zero-order chi connectivity index (χ0) is 11.0. The molecule has 2 aromatic rings. The summed E-state index contributed by atoms with van der Waals surface area (Å²) in [6.45, 7) is 4.15. The molecule has 0 radical (unpaired) electrons. The van der Waals surface area contributed by atoms with Gasteiger partial charge in [-0.1, -0.05) is 0 Å². The van der Waals surface area contributed by atoms with Crippen LogP contribution in [-0.4, -0.2) is 27.6 Å². The molecule has 0 amide bonds. The Labute approximate surface area is 94.4 Å². The summed E-state index contributed by atoms with van der Waals surface area (Å²) in [5, 5.41) is 3.28. The molecular formula is C12H14N4. The van der Waals surface area contributed by atoms with Gasteiger partial charge in [-0.2, -0.15) is 0 Å². The van der Waals surface area contributed by atoms with Crippen molar-refractivity contribution in [1.29, 1.82) is 0 Å². The summed E-state index contributed by atoms with van der Waals surface area (Å²) in [6.07, 6.45) is 7.56. The second-order valence-electron chi connectivity index (χ2n) is 4.26. The highest BCUT2D eigenvalue weighted by molar-refractivity contribution is 5.35. The molecule has 0 spiro atoms. The average molecular weight is 214 g/mol. The fourth-order valence-electron chi connectivity index (χ4n) is 1.99. The van der Waals surface area contributed by atoms with Gasteiger partial charge in [0.2, 0.25) is 0 Å². The summed E-state index contributed by atoms with van der Waals surface area (Å²) in [7, 11) is 0. The van der Waals surface area contributed by atoms with Gasteiger partial charge in [-0.05, 0) is 18.6 Å². The van der Waals surface area contributed by atoms with Crippen molar-refractivity contribution in [3.05, 3.63) is 42.2 Å². The van der Waals surface area contributed by atoms with Gasteiger partial charge in [0.15, 0.2) is 0 Å². The number of pyridine rings is 1. The van der Waals surface area contributed by atoms with Crippen molar-refractivity contribution in [3.8, 4) is 5.69 Å². The third-order valence-electron chi connectivity index (χ3n) is 3.01. The lowest BCUT2D eigenvalue weighted by molar-refractivity contribution is 0.435. The molecule has 1 fully saturated rings. The molecule has 0 aliphatic carbocycles. The molecule has 0 unspecified atom stereocenters. The van der Waals surface area contributed by atoms with Gasteiger partial charge in [0.25, 0.3) is 0 Å². The van der Waals surface area contributed by atoms with Gasteiger partial charge in [-0.25, -0.2) is 4.98 Å². The van der Waals surface area contributed by atoms with E-state index < -0.39 is 0 Å². The van der Waals surface area contributed by atoms with E-state index in [0.29, 0.717) is 5.92 Å². The highest BCUT2D eigenvalue weighted by Crippen LogP contribution is 2.22. The maximum atomic E-state index is 4.24. The molecule has 1 aliphatic rings. The van der Waals surface area contributed by atoms with E-state index in [4.69, 9.17) is 0 Å². The zero-order valence-corrected chi connectivity index (χ0v) is 9.22. The van der Waals surface area contributed by atoms with E-state index in [1.807, 2.05) is 24.9 Å². The molecule has 1 saturated heterocycles. The molecule has 4 heteroatoms. The molecule has 82 valence electrons. The summed E-state index contributed by atoms with van der Waals surface area (Å²) >= 11 is 0. The first kappa shape index (κ1) is 9.54. The van der Waals surface area contributed by atoms with Crippen LogP contribution in [0.25, 0.3) is 5.69 Å². The van der Waals surface area contributed by atoms with E-state index in [1.54, 1.807) is 0 Å². The largest absolute Gasteiger partial charge is 0.315 e. The normalized spacial score (nSPS) is 16.1. The van der Waals surface area contributed by atoms with E-state index in [9.17, 15) is 0 Å². The minimum atomic E-state index is 0.586. The minimum absolute atomic E-state index is 0.586. The van der Waals surface area contributed by atoms with E-state index >= 15 is 0 Å². The number of nitrogens with zero attached hydrogens (tertiary/aromatic N) is 3. The smallest absolute Gasteiger partial charge is 0.0994 e. The second kappa shape index (κ2) is 3.72. The second-order valence-corrected chi connectivity index (χ2v) is 4.26. The Morgan fingerprint density at radius 2 is 2.12 bits per heavy atom. The van der Waals surface area contributed by atoms with Crippen molar-refractivity contribution in [1.82, 2.24) is 19.9 Å². The van der Waals surface area contributed by atoms with Crippen LogP contribution in [0.3, 0.4) is 0 Å². The van der Waals surface area contributed by atoms with Crippen molar-refractivity contribution in [2.75, 3.05) is 13.1 Å². The fraction of sp³-hybridized carbons (Fsp3) is 0.333. The molecular weight excluding hydrogens is 200 g/mol. The Balaban J connectivity index is 2.02. The quantitative estimate of drug-likeness (QED) is 0.818. The van der Waals surface area contributed by atoms with Crippen molar-refractivity contribution in [3.63, 3.8) is 0 Å². The highest BCUT2D eigenvalue weighted by atomic mass is 15.1. The predicted molar refractivity (Wildman–Crippen MR) is 61.7 cm³/mol. The Hall–Kier alpha value is -1.68. The minimum Gasteiger partial charge on any atom is -0.315 e. The Morgan fingerprint density at radius 3 is 2.81 bits per heavy atom. The van der Waals surface area contributed by atoms with Crippen LogP contribution in [-0.2, 0) is 0 Å². The first-order valence-corrected chi connectivity index (χ1v) is 5.49. The predicted octanol–water partition coefficient (Wildman–Crippen LogP) is 1.26. The number of hydrogen-bond acceptors (Lipinski definition) is 3. The molecule has 3 rings (SSSR count). The highest BCUT2D eigenvalue weighted by Gasteiger charge is 2.22. The number of aromatic nitrogens is 3. The first-order valence-electron chi connectivity index (χ1n) is 5.49. The van der Waals surface area contributed by atoms with Gasteiger partial charge < -0.3 is 9.88 Å². The van der Waals surface area contributed by atoms with Crippen LogP contribution in [0.15, 0.2) is 31.0 Å². The third kappa shape index (κ3) is 1.51. The van der Waals surface area contributed by atoms with Gasteiger partial charge in [0.1, 0.15) is 0 Å². The summed E-state index contributed by atoms with van der Waals surface area (Å²) in [5.74, 6) is 0.586. The molecule has 16 heavy (non-hydrogen) atoms. The number of hydrogen-bond donors (Lipinski definition) is 1. The third-order valence-corrected chi connectivity index (χ3v) is 3.01. The number of aryl methyl sites for hydroxylation is 1. The lowest BCUT2D eigenvalue weighted by Crippen LogP contribution is -2.40. The fourth-order valence-corrected chi connectivity index (χ4v) is 1.99. The topological polar surface area (TPSA) is 42.7 Å². The van der Waals surface area contributed by atoms with Crippen molar-refractivity contribution >= 4 is 0 Å². The van der Waals surface area contributed by atoms with E-state index in [1.165, 1.54) is 11.3 Å². The molecule has 0 bridgehead atoms. The summed E-state index contributed by atoms with van der Waals surface area (Å²) in [5.41, 5.74) is 3.54. The SMILES string of the molecule is Cc1cncc(-n2cncc2C2CNC2)c1. The summed E-state index contributed by atoms with van der Waals surface area (Å²) < 4.78 is 2.13. The average Bonchev–Trinajstić information content (AvgIpc) is 2.64. The van der Waals surface area contributed by atoms with Crippen LogP contribution in [0.5, 0.6) is 0 Å². The van der Waals surface area contributed by atoms with E-state index in [0.717, 1.165) is 18.8 Å². The zero-order valence-electron chi connectivity index (χ0n) is 9.22. The van der Waals surface area contributed by atoms with Gasteiger partial charge in [0, 0.05) is 37.1 Å². The Bertz CT molecular complexity index is 499. The monoisotopic (exact) mass is 214 g/mol. The molecule has 0 aromatic carbocycles. The van der Waals surface area contributed by atoms with Crippen LogP contribution < -0.4 is 5.32 Å². The maximum absolute atomic E-state index is 4.24. The number of nitrogens with one attached hydrogen (secondary N) is 1. The van der Waals surface area contributed by atoms with Gasteiger partial charge in [-0.3, -0.25) is 4.98 Å². The summed E-state index contributed by atoms with van der Waals surface area (Å²) in [6, 6.07) is 2.13. The van der Waals surface area contributed by atoms with Crippen LogP contribution in [0, 0.1) is 6.92 Å². The van der Waals surface area contributed by atoms with Crippen LogP contribution in [0.2, 0.25) is 0 Å². The van der Waals surface area contributed by atoms with Crippen LogP contribution >= 0.6 is 0 Å². The molecule has 0 atom stereocenters. The van der Waals surface area contributed by atoms with Gasteiger partial charge in [0.05, 0.1) is 18.2 Å². The Kier molecular flexibility index (Phi) is 2.22. The lowest BCUT2D eigenvalue weighted by atomic mass is 10.00. The lowest BCUT2D eigenvalue weighted by Gasteiger charge is -2.27. The number of rotatable bonds is 2. The molecule has 2 aromatic heterocycles. The van der Waals surface area contributed by atoms with Gasteiger partial charge in [-0.15, -0.1) is 0 Å². The van der Waals surface area contributed by atoms with E-state index in [2.05, 4.69) is 32.8 Å². The molecule has 1 N–H and O–H groups in total. The van der Waals surface area contributed by atoms with Crippen molar-refractivity contribution < 1.29 is 0 Å². The molecule has 3 heterocycles.